The van der Waals surface area contributed by atoms with Crippen LogP contribution in [-0.4, -0.2) is 31.4 Å². The van der Waals surface area contributed by atoms with Crippen molar-refractivity contribution in [3.05, 3.63) is 70.9 Å². The van der Waals surface area contributed by atoms with Gasteiger partial charge in [0.25, 0.3) is 5.91 Å². The molecule has 0 aliphatic rings. The monoisotopic (exact) mass is 458 g/mol. The Hall–Kier alpha value is -3.01. The summed E-state index contributed by atoms with van der Waals surface area (Å²) < 4.78 is 27.3. The zero-order chi connectivity index (χ0) is 22.6. The van der Waals surface area contributed by atoms with Crippen molar-refractivity contribution >= 4 is 38.9 Å². The molecule has 2 aromatic carbocycles. The summed E-state index contributed by atoms with van der Waals surface area (Å²) >= 11 is 1.36. The summed E-state index contributed by atoms with van der Waals surface area (Å²) in [5.41, 5.74) is 2.28. The van der Waals surface area contributed by atoms with E-state index < -0.39 is 28.0 Å². The Bertz CT molecular complexity index is 1150. The number of rotatable bonds is 8. The van der Waals surface area contributed by atoms with Crippen molar-refractivity contribution in [3.8, 4) is 11.1 Å². The fourth-order valence-electron chi connectivity index (χ4n) is 2.88. The van der Waals surface area contributed by atoms with Crippen LogP contribution in [0.15, 0.2) is 70.9 Å². The van der Waals surface area contributed by atoms with E-state index in [0.29, 0.717) is 10.6 Å². The van der Waals surface area contributed by atoms with Crippen LogP contribution in [0.5, 0.6) is 0 Å². The molecule has 0 saturated carbocycles. The molecular weight excluding hydrogens is 436 g/mol. The van der Waals surface area contributed by atoms with Gasteiger partial charge in [0.05, 0.1) is 9.77 Å². The van der Waals surface area contributed by atoms with Crippen LogP contribution in [-0.2, 0) is 14.8 Å². The Labute approximate surface area is 184 Å². The van der Waals surface area contributed by atoms with Gasteiger partial charge in [-0.05, 0) is 52.8 Å². The smallest absolute Gasteiger partial charge is 0.322 e. The lowest BCUT2D eigenvalue weighted by molar-refractivity contribution is -0.140. The van der Waals surface area contributed by atoms with Gasteiger partial charge in [-0.1, -0.05) is 44.2 Å². The van der Waals surface area contributed by atoms with Gasteiger partial charge >= 0.3 is 5.97 Å². The number of carbonyl (C=O) groups excluding carboxylic acids is 1. The van der Waals surface area contributed by atoms with Gasteiger partial charge in [-0.25, -0.2) is 8.42 Å². The summed E-state index contributed by atoms with van der Waals surface area (Å²) in [5.74, 6) is -1.79. The molecule has 0 spiro atoms. The van der Waals surface area contributed by atoms with E-state index in [9.17, 15) is 23.1 Å². The number of carboxylic acid groups (broad SMARTS) is 1. The quantitative estimate of drug-likeness (QED) is 0.471. The number of hydrogen-bond acceptors (Lipinski definition) is 5. The third-order valence-corrected chi connectivity index (χ3v) is 6.93. The molecule has 31 heavy (non-hydrogen) atoms. The maximum atomic E-state index is 12.5. The summed E-state index contributed by atoms with van der Waals surface area (Å²) in [5, 5.41) is 13.9. The maximum Gasteiger partial charge on any atom is 0.322 e. The topological polar surface area (TPSA) is 113 Å². The first-order valence-corrected chi connectivity index (χ1v) is 11.8. The molecule has 0 aliphatic carbocycles. The highest BCUT2D eigenvalue weighted by molar-refractivity contribution is 7.89. The Morgan fingerprint density at radius 1 is 0.935 bits per heavy atom. The van der Waals surface area contributed by atoms with Gasteiger partial charge in [-0.3, -0.25) is 9.59 Å². The number of amides is 1. The minimum absolute atomic E-state index is 0.0111. The third-order valence-electron chi connectivity index (χ3n) is 4.60. The number of benzene rings is 2. The Kier molecular flexibility index (Phi) is 6.89. The predicted octanol–water partition coefficient (Wildman–Crippen LogP) is 4.05. The molecule has 162 valence electrons. The molecule has 1 amide bonds. The average Bonchev–Trinajstić information content (AvgIpc) is 3.27. The molecule has 7 nitrogen and oxygen atoms in total. The number of aliphatic carboxylic acids is 1. The zero-order valence-corrected chi connectivity index (χ0v) is 18.5. The normalized spacial score (nSPS) is 12.5. The van der Waals surface area contributed by atoms with Crippen molar-refractivity contribution in [2.45, 2.75) is 24.8 Å². The van der Waals surface area contributed by atoms with Gasteiger partial charge in [-0.2, -0.15) is 4.72 Å². The average molecular weight is 459 g/mol. The van der Waals surface area contributed by atoms with Crippen LogP contribution in [0.3, 0.4) is 0 Å². The second-order valence-corrected chi connectivity index (χ2v) is 9.88. The zero-order valence-electron chi connectivity index (χ0n) is 16.9. The summed E-state index contributed by atoms with van der Waals surface area (Å²) in [4.78, 5) is 24.0. The lowest BCUT2D eigenvalue weighted by Gasteiger charge is -2.18. The second-order valence-electron chi connectivity index (χ2n) is 7.21. The van der Waals surface area contributed by atoms with Crippen LogP contribution in [0, 0.1) is 5.92 Å². The standard InChI is InChI=1S/C22H22N2O5S2/c1-14(2)20(22(26)27)24-31(28,29)18-11-7-16(8-12-18)15-5-9-17(10-6-15)23-21(25)19-4-3-13-30-19/h3-14,20,24H,1-2H3,(H,23,25)(H,26,27)/t20-/m0/s1. The van der Waals surface area contributed by atoms with E-state index in [2.05, 4.69) is 10.0 Å². The van der Waals surface area contributed by atoms with Crippen molar-refractivity contribution in [3.63, 3.8) is 0 Å². The fraction of sp³-hybridized carbons (Fsp3) is 0.182. The molecule has 0 bridgehead atoms. The minimum atomic E-state index is -3.97. The molecule has 9 heteroatoms. The van der Waals surface area contributed by atoms with E-state index in [0.717, 1.165) is 11.1 Å². The first-order valence-electron chi connectivity index (χ1n) is 9.48. The van der Waals surface area contributed by atoms with Crippen LogP contribution in [0.1, 0.15) is 23.5 Å². The minimum Gasteiger partial charge on any atom is -0.480 e. The molecular formula is C22H22N2O5S2. The number of hydrogen-bond donors (Lipinski definition) is 3. The first kappa shape index (κ1) is 22.7. The molecule has 3 aromatic rings. The molecule has 1 atom stereocenters. The molecule has 0 fully saturated rings. The first-order chi connectivity index (χ1) is 14.7. The van der Waals surface area contributed by atoms with Crippen LogP contribution in [0.2, 0.25) is 0 Å². The highest BCUT2D eigenvalue weighted by atomic mass is 32.2. The van der Waals surface area contributed by atoms with Gasteiger partial charge < -0.3 is 10.4 Å². The van der Waals surface area contributed by atoms with Crippen molar-refractivity contribution in [1.82, 2.24) is 4.72 Å². The maximum absolute atomic E-state index is 12.5. The highest BCUT2D eigenvalue weighted by Crippen LogP contribution is 2.24. The molecule has 0 unspecified atom stereocenters. The molecule has 3 N–H and O–H groups in total. The van der Waals surface area contributed by atoms with Gasteiger partial charge in [0.1, 0.15) is 6.04 Å². The van der Waals surface area contributed by atoms with Crippen LogP contribution >= 0.6 is 11.3 Å². The second kappa shape index (κ2) is 9.42. The Morgan fingerprint density at radius 2 is 1.52 bits per heavy atom. The van der Waals surface area contributed by atoms with Gasteiger partial charge in [0.2, 0.25) is 10.0 Å². The molecule has 0 saturated heterocycles. The Balaban J connectivity index is 1.72. The van der Waals surface area contributed by atoms with Crippen molar-refractivity contribution < 1.29 is 23.1 Å². The van der Waals surface area contributed by atoms with E-state index >= 15 is 0 Å². The van der Waals surface area contributed by atoms with Crippen LogP contribution in [0.25, 0.3) is 11.1 Å². The third kappa shape index (κ3) is 5.57. The highest BCUT2D eigenvalue weighted by Gasteiger charge is 2.27. The number of carbonyl (C=O) groups is 2. The summed E-state index contributed by atoms with van der Waals surface area (Å²) in [6.45, 7) is 3.27. The van der Waals surface area contributed by atoms with Crippen molar-refractivity contribution in [2.24, 2.45) is 5.92 Å². The van der Waals surface area contributed by atoms with E-state index in [1.165, 1.54) is 23.5 Å². The lowest BCUT2D eigenvalue weighted by Crippen LogP contribution is -2.44. The predicted molar refractivity (Wildman–Crippen MR) is 121 cm³/mol. The molecule has 1 heterocycles. The van der Waals surface area contributed by atoms with Gasteiger partial charge in [0.15, 0.2) is 0 Å². The van der Waals surface area contributed by atoms with Gasteiger partial charge in [-0.15, -0.1) is 11.3 Å². The number of thiophene rings is 1. The molecule has 0 radical (unpaired) electrons. The van der Waals surface area contributed by atoms with E-state index in [1.54, 1.807) is 44.2 Å². The van der Waals surface area contributed by atoms with Crippen LogP contribution < -0.4 is 10.0 Å². The van der Waals surface area contributed by atoms with Crippen molar-refractivity contribution in [2.75, 3.05) is 5.32 Å². The summed E-state index contributed by atoms with van der Waals surface area (Å²) in [6.07, 6.45) is 0. The largest absolute Gasteiger partial charge is 0.480 e. The summed E-state index contributed by atoms with van der Waals surface area (Å²) in [7, 11) is -3.97. The molecule has 1 aromatic heterocycles. The Morgan fingerprint density at radius 3 is 2.00 bits per heavy atom. The lowest BCUT2D eigenvalue weighted by atomic mass is 10.1. The molecule has 3 rings (SSSR count). The van der Waals surface area contributed by atoms with E-state index in [-0.39, 0.29) is 10.8 Å². The molecule has 0 aliphatic heterocycles. The van der Waals surface area contributed by atoms with Crippen LogP contribution in [0.4, 0.5) is 5.69 Å². The SMILES string of the molecule is CC(C)[C@H](NS(=O)(=O)c1ccc(-c2ccc(NC(=O)c3cccs3)cc2)cc1)C(=O)O. The van der Waals surface area contributed by atoms with Gasteiger partial charge in [0, 0.05) is 5.69 Å². The number of nitrogens with one attached hydrogen (secondary N) is 2. The van der Waals surface area contributed by atoms with Crippen molar-refractivity contribution in [1.29, 1.82) is 0 Å². The number of carboxylic acids is 1. The fourth-order valence-corrected chi connectivity index (χ4v) is 4.84. The number of sulfonamides is 1. The van der Waals surface area contributed by atoms with E-state index in [4.69, 9.17) is 0 Å². The van der Waals surface area contributed by atoms with E-state index in [1.807, 2.05) is 23.6 Å². The number of anilines is 1. The summed E-state index contributed by atoms with van der Waals surface area (Å²) in [6, 6.07) is 15.7.